The maximum absolute atomic E-state index is 14.2. The van der Waals surface area contributed by atoms with Gasteiger partial charge in [-0.2, -0.15) is 13.2 Å². The van der Waals surface area contributed by atoms with E-state index in [1.165, 1.54) is 29.2 Å². The van der Waals surface area contributed by atoms with Gasteiger partial charge in [0.25, 0.3) is 10.0 Å². The second-order valence-electron chi connectivity index (χ2n) is 10.9. The number of carbonyl (C=O) groups excluding carboxylic acids is 2. The van der Waals surface area contributed by atoms with Gasteiger partial charge in [0, 0.05) is 12.6 Å². The minimum atomic E-state index is -4.80. The number of rotatable bonds is 11. The molecule has 1 aliphatic carbocycles. The van der Waals surface area contributed by atoms with Gasteiger partial charge in [-0.3, -0.25) is 13.9 Å². The second-order valence-corrected chi connectivity index (χ2v) is 13.2. The van der Waals surface area contributed by atoms with E-state index in [1.54, 1.807) is 25.1 Å². The molecule has 1 unspecified atom stereocenters. The topological polar surface area (TPSA) is 86.8 Å². The standard InChI is InChI=1S/C32H35ClF3N3O4S/c1-3-28(31(41)37-25-12-7-8-13-25)38(20-23-11-9-10-22(2)18-23)30(40)21-39(44(42,43)26-14-5-4-6-15-26)29-19-24(32(34,35)36)16-17-27(29)33/h4-6,9-11,14-19,25,28H,3,7-8,12-13,20-21H2,1-2H3,(H,37,41). The van der Waals surface area contributed by atoms with Gasteiger partial charge in [-0.05, 0) is 62.1 Å². The normalized spacial score (nSPS) is 14.7. The minimum Gasteiger partial charge on any atom is -0.352 e. The maximum Gasteiger partial charge on any atom is 0.416 e. The van der Waals surface area contributed by atoms with E-state index in [4.69, 9.17) is 11.6 Å². The number of halogens is 4. The molecule has 7 nitrogen and oxygen atoms in total. The number of amides is 2. The molecule has 1 fully saturated rings. The highest BCUT2D eigenvalue weighted by Gasteiger charge is 2.37. The number of aryl methyl sites for hydroxylation is 1. The Hall–Kier alpha value is -3.57. The van der Waals surface area contributed by atoms with E-state index in [2.05, 4.69) is 5.32 Å². The van der Waals surface area contributed by atoms with Crippen molar-refractivity contribution in [1.82, 2.24) is 10.2 Å². The van der Waals surface area contributed by atoms with Crippen LogP contribution in [0.15, 0.2) is 77.7 Å². The van der Waals surface area contributed by atoms with Crippen molar-refractivity contribution in [2.24, 2.45) is 0 Å². The van der Waals surface area contributed by atoms with Gasteiger partial charge in [-0.25, -0.2) is 8.42 Å². The molecule has 4 rings (SSSR count). The Morgan fingerprint density at radius 3 is 2.30 bits per heavy atom. The predicted octanol–water partition coefficient (Wildman–Crippen LogP) is 6.73. The highest BCUT2D eigenvalue weighted by Crippen LogP contribution is 2.37. The van der Waals surface area contributed by atoms with Crippen LogP contribution in [0.25, 0.3) is 0 Å². The van der Waals surface area contributed by atoms with Crippen LogP contribution in [0.5, 0.6) is 0 Å². The number of alkyl halides is 3. The fourth-order valence-electron chi connectivity index (χ4n) is 5.41. The van der Waals surface area contributed by atoms with Gasteiger partial charge in [0.1, 0.15) is 12.6 Å². The molecule has 0 bridgehead atoms. The van der Waals surface area contributed by atoms with Crippen molar-refractivity contribution in [3.8, 4) is 0 Å². The summed E-state index contributed by atoms with van der Waals surface area (Å²) in [5, 5.41) is 2.74. The van der Waals surface area contributed by atoms with Crippen LogP contribution in [0.2, 0.25) is 5.02 Å². The number of anilines is 1. The van der Waals surface area contributed by atoms with Gasteiger partial charge in [-0.1, -0.05) is 79.4 Å². The lowest BCUT2D eigenvalue weighted by Crippen LogP contribution is -2.53. The first-order valence-corrected chi connectivity index (χ1v) is 16.2. The summed E-state index contributed by atoms with van der Waals surface area (Å²) in [7, 11) is -4.58. The zero-order chi connectivity index (χ0) is 32.1. The fraction of sp³-hybridized carbons (Fsp3) is 0.375. The highest BCUT2D eigenvalue weighted by atomic mass is 35.5. The Balaban J connectivity index is 1.78. The van der Waals surface area contributed by atoms with Gasteiger partial charge >= 0.3 is 6.18 Å². The monoisotopic (exact) mass is 649 g/mol. The van der Waals surface area contributed by atoms with Crippen LogP contribution >= 0.6 is 11.6 Å². The average molecular weight is 650 g/mol. The van der Waals surface area contributed by atoms with Crippen molar-refractivity contribution in [3.05, 3.63) is 94.5 Å². The summed E-state index contributed by atoms with van der Waals surface area (Å²) in [4.78, 5) is 28.8. The zero-order valence-electron chi connectivity index (χ0n) is 24.5. The molecule has 1 aliphatic rings. The van der Waals surface area contributed by atoms with Crippen LogP contribution in [0.4, 0.5) is 18.9 Å². The number of carbonyl (C=O) groups is 2. The van der Waals surface area contributed by atoms with E-state index in [1.807, 2.05) is 19.1 Å². The number of hydrogen-bond acceptors (Lipinski definition) is 4. The molecule has 0 aliphatic heterocycles. The number of nitrogens with one attached hydrogen (secondary N) is 1. The lowest BCUT2D eigenvalue weighted by atomic mass is 10.1. The molecular formula is C32H35ClF3N3O4S. The van der Waals surface area contributed by atoms with Gasteiger partial charge in [0.15, 0.2) is 0 Å². The van der Waals surface area contributed by atoms with Crippen LogP contribution in [-0.2, 0) is 32.3 Å². The average Bonchev–Trinajstić information content (AvgIpc) is 3.49. The molecule has 3 aromatic rings. The van der Waals surface area contributed by atoms with Crippen molar-refractivity contribution >= 4 is 39.1 Å². The van der Waals surface area contributed by atoms with Crippen molar-refractivity contribution in [2.75, 3.05) is 10.8 Å². The molecule has 1 N–H and O–H groups in total. The minimum absolute atomic E-state index is 0.0212. The van der Waals surface area contributed by atoms with Gasteiger partial charge in [-0.15, -0.1) is 0 Å². The van der Waals surface area contributed by atoms with Crippen LogP contribution < -0.4 is 9.62 Å². The van der Waals surface area contributed by atoms with E-state index in [9.17, 15) is 31.2 Å². The molecule has 0 radical (unpaired) electrons. The molecule has 0 spiro atoms. The predicted molar refractivity (Wildman–Crippen MR) is 164 cm³/mol. The van der Waals surface area contributed by atoms with Gasteiger partial charge < -0.3 is 10.2 Å². The number of nitrogens with zero attached hydrogens (tertiary/aromatic N) is 2. The smallest absolute Gasteiger partial charge is 0.352 e. The van der Waals surface area contributed by atoms with E-state index in [-0.39, 0.29) is 34.8 Å². The summed E-state index contributed by atoms with van der Waals surface area (Å²) >= 11 is 6.32. The summed E-state index contributed by atoms with van der Waals surface area (Å²) in [6.07, 6.45) is -0.952. The first-order chi connectivity index (χ1) is 20.8. The number of sulfonamides is 1. The first-order valence-electron chi connectivity index (χ1n) is 14.4. The summed E-state index contributed by atoms with van der Waals surface area (Å²) in [5.74, 6) is -1.14. The molecule has 1 atom stereocenters. The Bertz CT molecular complexity index is 1580. The third kappa shape index (κ3) is 7.92. The molecule has 3 aromatic carbocycles. The van der Waals surface area contributed by atoms with Gasteiger partial charge in [0.05, 0.1) is 21.2 Å². The van der Waals surface area contributed by atoms with E-state index in [0.717, 1.165) is 43.4 Å². The molecule has 1 saturated carbocycles. The SMILES string of the molecule is CCC(C(=O)NC1CCCC1)N(Cc1cccc(C)c1)C(=O)CN(c1cc(C(F)(F)F)ccc1Cl)S(=O)(=O)c1ccccc1. The molecule has 0 aromatic heterocycles. The second kappa shape index (κ2) is 14.0. The zero-order valence-corrected chi connectivity index (χ0v) is 26.1. The quantitative estimate of drug-likeness (QED) is 0.250. The molecule has 44 heavy (non-hydrogen) atoms. The summed E-state index contributed by atoms with van der Waals surface area (Å²) < 4.78 is 69.7. The Labute approximate surface area is 261 Å². The number of benzene rings is 3. The van der Waals surface area contributed by atoms with Crippen molar-refractivity contribution in [2.45, 2.75) is 75.7 Å². The molecular weight excluding hydrogens is 615 g/mol. The highest BCUT2D eigenvalue weighted by molar-refractivity contribution is 7.92. The lowest BCUT2D eigenvalue weighted by Gasteiger charge is -2.34. The fourth-order valence-corrected chi connectivity index (χ4v) is 7.12. The van der Waals surface area contributed by atoms with E-state index < -0.39 is 45.9 Å². The Kier molecular flexibility index (Phi) is 10.6. The molecule has 0 saturated heterocycles. The first kappa shape index (κ1) is 33.3. The van der Waals surface area contributed by atoms with Gasteiger partial charge in [0.2, 0.25) is 11.8 Å². The van der Waals surface area contributed by atoms with Crippen LogP contribution in [0.3, 0.4) is 0 Å². The molecule has 2 amide bonds. The van der Waals surface area contributed by atoms with Crippen molar-refractivity contribution < 1.29 is 31.2 Å². The largest absolute Gasteiger partial charge is 0.416 e. The maximum atomic E-state index is 14.2. The summed E-state index contributed by atoms with van der Waals surface area (Å²) in [5.41, 5.74) is -0.00308. The third-order valence-electron chi connectivity index (χ3n) is 7.68. The Morgan fingerprint density at radius 2 is 1.68 bits per heavy atom. The summed E-state index contributed by atoms with van der Waals surface area (Å²) in [6, 6.07) is 15.7. The summed E-state index contributed by atoms with van der Waals surface area (Å²) in [6.45, 7) is 2.71. The van der Waals surface area contributed by atoms with E-state index >= 15 is 0 Å². The lowest BCUT2D eigenvalue weighted by molar-refractivity contribution is -0.140. The number of hydrogen-bond donors (Lipinski definition) is 1. The Morgan fingerprint density at radius 1 is 1.00 bits per heavy atom. The van der Waals surface area contributed by atoms with Crippen molar-refractivity contribution in [1.29, 1.82) is 0 Å². The van der Waals surface area contributed by atoms with E-state index in [0.29, 0.717) is 15.9 Å². The van der Waals surface area contributed by atoms with Crippen LogP contribution in [0, 0.1) is 6.92 Å². The van der Waals surface area contributed by atoms with Crippen molar-refractivity contribution in [3.63, 3.8) is 0 Å². The van der Waals surface area contributed by atoms with Crippen LogP contribution in [-0.4, -0.2) is 43.8 Å². The molecule has 0 heterocycles. The molecule has 12 heteroatoms. The molecule has 236 valence electrons. The van der Waals surface area contributed by atoms with Crippen LogP contribution in [0.1, 0.15) is 55.7 Å². The third-order valence-corrected chi connectivity index (χ3v) is 9.77.